The summed E-state index contributed by atoms with van der Waals surface area (Å²) in [6.45, 7) is 2.27. The van der Waals surface area contributed by atoms with Crippen LogP contribution in [0.2, 0.25) is 0 Å². The van der Waals surface area contributed by atoms with Crippen LogP contribution in [-0.2, 0) is 0 Å². The molecule has 4 heteroatoms. The van der Waals surface area contributed by atoms with Crippen molar-refractivity contribution in [1.29, 1.82) is 0 Å². The third-order valence-electron chi connectivity index (χ3n) is 9.22. The number of rotatable bonds is 10. The summed E-state index contributed by atoms with van der Waals surface area (Å²) in [5, 5.41) is 0. The summed E-state index contributed by atoms with van der Waals surface area (Å²) in [5.74, 6) is 1.85. The van der Waals surface area contributed by atoms with E-state index >= 15 is 0 Å². The molecule has 8 rings (SSSR count). The third-order valence-corrected chi connectivity index (χ3v) is 9.22. The van der Waals surface area contributed by atoms with Crippen LogP contribution in [0.1, 0.15) is 25.9 Å². The Balaban J connectivity index is 1.53. The van der Waals surface area contributed by atoms with Crippen LogP contribution in [0.4, 0.5) is 0 Å². The molecule has 0 unspecified atom stereocenters. The Morgan fingerprint density at radius 2 is 0.660 bits per heavy atom. The first-order chi connectivity index (χ1) is 24.8. The lowest BCUT2D eigenvalue weighted by molar-refractivity contribution is 0.411. The molecular formula is C46H38N4. The second-order valence-electron chi connectivity index (χ2n) is 12.5. The summed E-state index contributed by atoms with van der Waals surface area (Å²) in [7, 11) is 0. The monoisotopic (exact) mass is 646 g/mol. The Labute approximate surface area is 294 Å². The molecule has 0 radical (unpaired) electrons. The fraction of sp³-hybridized carbons (Fsp3) is 0.0870. The standard InChI is InChI=1S/C46H38N4/c1-2-21-40(49-43(36-26-13-5-14-27-36)41(34-22-9-3-10-23-34)47-45(49)38-30-17-7-18-31-38)50-44(37-28-15-6-16-29-37)42(35-24-11-4-12-25-35)48-46(50)39-32-19-8-20-33-39/h3-20,22-33,40H,2,21H2,1H3. The maximum Gasteiger partial charge on any atom is 0.142 e. The van der Waals surface area contributed by atoms with Crippen molar-refractivity contribution in [2.24, 2.45) is 0 Å². The van der Waals surface area contributed by atoms with Gasteiger partial charge in [0, 0.05) is 33.4 Å². The Morgan fingerprint density at radius 3 is 0.960 bits per heavy atom. The number of benzene rings is 6. The van der Waals surface area contributed by atoms with E-state index in [4.69, 9.17) is 9.97 Å². The van der Waals surface area contributed by atoms with Gasteiger partial charge in [-0.3, -0.25) is 0 Å². The highest BCUT2D eigenvalue weighted by atomic mass is 15.3. The molecule has 6 aromatic carbocycles. The maximum absolute atomic E-state index is 5.55. The quantitative estimate of drug-likeness (QED) is 0.148. The molecular weight excluding hydrogens is 609 g/mol. The first-order valence-corrected chi connectivity index (χ1v) is 17.4. The molecule has 0 atom stereocenters. The zero-order valence-corrected chi connectivity index (χ0v) is 28.1. The van der Waals surface area contributed by atoms with Gasteiger partial charge in [0.15, 0.2) is 0 Å². The average molecular weight is 647 g/mol. The number of aromatic nitrogens is 4. The highest BCUT2D eigenvalue weighted by Crippen LogP contribution is 2.45. The van der Waals surface area contributed by atoms with Crippen LogP contribution in [-0.4, -0.2) is 19.1 Å². The third kappa shape index (κ3) is 5.86. The molecule has 2 heterocycles. The topological polar surface area (TPSA) is 35.6 Å². The van der Waals surface area contributed by atoms with Crippen molar-refractivity contribution in [2.75, 3.05) is 0 Å². The molecule has 4 nitrogen and oxygen atoms in total. The molecule has 0 saturated carbocycles. The maximum atomic E-state index is 5.55. The molecule has 0 fully saturated rings. The molecule has 0 spiro atoms. The smallest absolute Gasteiger partial charge is 0.142 e. The van der Waals surface area contributed by atoms with Crippen LogP contribution in [0.15, 0.2) is 182 Å². The highest BCUT2D eigenvalue weighted by Gasteiger charge is 2.32. The van der Waals surface area contributed by atoms with Crippen molar-refractivity contribution in [2.45, 2.75) is 25.9 Å². The largest absolute Gasteiger partial charge is 0.302 e. The molecule has 0 aliphatic carbocycles. The van der Waals surface area contributed by atoms with Crippen molar-refractivity contribution in [3.05, 3.63) is 182 Å². The van der Waals surface area contributed by atoms with E-state index in [0.29, 0.717) is 0 Å². The number of imidazole rings is 2. The summed E-state index contributed by atoms with van der Waals surface area (Å²) in [5.41, 5.74) is 10.6. The number of hydrogen-bond acceptors (Lipinski definition) is 2. The minimum absolute atomic E-state index is 0.175. The lowest BCUT2D eigenvalue weighted by atomic mass is 10.0. The molecule has 0 saturated heterocycles. The Morgan fingerprint density at radius 1 is 0.380 bits per heavy atom. The van der Waals surface area contributed by atoms with Gasteiger partial charge in [-0.25, -0.2) is 9.97 Å². The van der Waals surface area contributed by atoms with Crippen molar-refractivity contribution < 1.29 is 0 Å². The van der Waals surface area contributed by atoms with Gasteiger partial charge < -0.3 is 9.13 Å². The van der Waals surface area contributed by atoms with Crippen molar-refractivity contribution in [3.63, 3.8) is 0 Å². The molecule has 50 heavy (non-hydrogen) atoms. The van der Waals surface area contributed by atoms with Crippen LogP contribution in [0.3, 0.4) is 0 Å². The SMILES string of the molecule is CCCC(n1c(-c2ccccc2)nc(-c2ccccc2)c1-c1ccccc1)n1c(-c2ccccc2)nc(-c2ccccc2)c1-c1ccccc1. The van der Waals surface area contributed by atoms with E-state index in [9.17, 15) is 0 Å². The second kappa shape index (κ2) is 14.1. The minimum Gasteiger partial charge on any atom is -0.302 e. The van der Waals surface area contributed by atoms with Crippen LogP contribution < -0.4 is 0 Å². The second-order valence-corrected chi connectivity index (χ2v) is 12.5. The van der Waals surface area contributed by atoms with Crippen molar-refractivity contribution in [1.82, 2.24) is 19.1 Å². The fourth-order valence-electron chi connectivity index (χ4n) is 7.00. The number of hydrogen-bond donors (Lipinski definition) is 0. The average Bonchev–Trinajstić information content (AvgIpc) is 3.80. The van der Waals surface area contributed by atoms with Gasteiger partial charge in [-0.1, -0.05) is 195 Å². The Kier molecular flexibility index (Phi) is 8.74. The van der Waals surface area contributed by atoms with Gasteiger partial charge in [0.2, 0.25) is 0 Å². The number of nitrogens with zero attached hydrogens (tertiary/aromatic N) is 4. The molecule has 0 bridgehead atoms. The van der Waals surface area contributed by atoms with E-state index in [1.165, 1.54) is 0 Å². The summed E-state index contributed by atoms with van der Waals surface area (Å²) < 4.78 is 4.98. The van der Waals surface area contributed by atoms with Gasteiger partial charge in [-0.15, -0.1) is 0 Å². The fourth-order valence-corrected chi connectivity index (χ4v) is 7.00. The van der Waals surface area contributed by atoms with Gasteiger partial charge in [-0.2, -0.15) is 0 Å². The van der Waals surface area contributed by atoms with Gasteiger partial charge in [0.25, 0.3) is 0 Å². The zero-order chi connectivity index (χ0) is 33.7. The Bertz CT molecular complexity index is 2130. The summed E-state index contributed by atoms with van der Waals surface area (Å²) in [6.07, 6.45) is 1.63. The van der Waals surface area contributed by atoms with Crippen LogP contribution >= 0.6 is 0 Å². The summed E-state index contributed by atoms with van der Waals surface area (Å²) >= 11 is 0. The summed E-state index contributed by atoms with van der Waals surface area (Å²) in [4.78, 5) is 11.1. The van der Waals surface area contributed by atoms with E-state index in [0.717, 1.165) is 80.6 Å². The molecule has 0 aliphatic rings. The molecule has 0 amide bonds. The van der Waals surface area contributed by atoms with Gasteiger partial charge in [0.05, 0.1) is 22.8 Å². The van der Waals surface area contributed by atoms with E-state index in [1.54, 1.807) is 0 Å². The van der Waals surface area contributed by atoms with E-state index in [1.807, 2.05) is 0 Å². The lowest BCUT2D eigenvalue weighted by Gasteiger charge is -2.29. The van der Waals surface area contributed by atoms with Gasteiger partial charge in [-0.05, 0) is 6.42 Å². The van der Waals surface area contributed by atoms with Gasteiger partial charge in [0.1, 0.15) is 17.8 Å². The predicted octanol–water partition coefficient (Wildman–Crippen LogP) is 11.9. The predicted molar refractivity (Wildman–Crippen MR) is 206 cm³/mol. The first kappa shape index (κ1) is 31.0. The Hall–Kier alpha value is -6.26. The zero-order valence-electron chi connectivity index (χ0n) is 28.1. The molecule has 2 aromatic heterocycles. The molecule has 0 N–H and O–H groups in total. The van der Waals surface area contributed by atoms with Crippen LogP contribution in [0, 0.1) is 0 Å². The van der Waals surface area contributed by atoms with E-state index < -0.39 is 0 Å². The lowest BCUT2D eigenvalue weighted by Crippen LogP contribution is -2.22. The first-order valence-electron chi connectivity index (χ1n) is 17.4. The minimum atomic E-state index is -0.175. The van der Waals surface area contributed by atoms with Crippen molar-refractivity contribution >= 4 is 0 Å². The highest BCUT2D eigenvalue weighted by molar-refractivity contribution is 5.84. The van der Waals surface area contributed by atoms with Gasteiger partial charge >= 0.3 is 0 Å². The van der Waals surface area contributed by atoms with E-state index in [-0.39, 0.29) is 6.17 Å². The molecule has 0 aliphatic heterocycles. The van der Waals surface area contributed by atoms with Crippen molar-refractivity contribution in [3.8, 4) is 67.8 Å². The summed E-state index contributed by atoms with van der Waals surface area (Å²) in [6, 6.07) is 63.9. The van der Waals surface area contributed by atoms with Crippen LogP contribution in [0.5, 0.6) is 0 Å². The molecule has 242 valence electrons. The van der Waals surface area contributed by atoms with Crippen LogP contribution in [0.25, 0.3) is 67.8 Å². The van der Waals surface area contributed by atoms with E-state index in [2.05, 4.69) is 198 Å². The normalized spacial score (nSPS) is 11.2. The molecule has 8 aromatic rings.